The molecular weight excluding hydrogens is 224 g/mol. The maximum Gasteiger partial charge on any atom is 0.130 e. The number of aromatic nitrogens is 1. The summed E-state index contributed by atoms with van der Waals surface area (Å²) in [6.07, 6.45) is 7.08. The predicted molar refractivity (Wildman–Crippen MR) is 73.6 cm³/mol. The van der Waals surface area contributed by atoms with E-state index in [0.29, 0.717) is 0 Å². The Balaban J connectivity index is 1.74. The molecule has 1 aliphatic rings. The number of nitrogens with zero attached hydrogens (tertiary/aromatic N) is 1. The highest BCUT2D eigenvalue weighted by Gasteiger charge is 2.17. The molecule has 1 saturated carbocycles. The Morgan fingerprint density at radius 1 is 1.28 bits per heavy atom. The van der Waals surface area contributed by atoms with E-state index >= 15 is 0 Å². The zero-order valence-electron chi connectivity index (χ0n) is 10.4. The van der Waals surface area contributed by atoms with Gasteiger partial charge in [0, 0.05) is 17.3 Å². The molecule has 0 unspecified atom stereocenters. The van der Waals surface area contributed by atoms with Crippen molar-refractivity contribution in [1.29, 1.82) is 0 Å². The van der Waals surface area contributed by atoms with E-state index in [1.165, 1.54) is 25.7 Å². The first-order chi connectivity index (χ1) is 8.83. The molecule has 1 aliphatic carbocycles. The van der Waals surface area contributed by atoms with Crippen LogP contribution < -0.4 is 10.5 Å². The molecule has 3 rings (SSSR count). The molecule has 3 heteroatoms. The minimum atomic E-state index is 0.738. The molecule has 0 atom stereocenters. The Morgan fingerprint density at radius 2 is 2.17 bits per heavy atom. The lowest BCUT2D eigenvalue weighted by molar-refractivity contribution is 0.223. The fourth-order valence-electron chi connectivity index (χ4n) is 2.38. The van der Waals surface area contributed by atoms with Gasteiger partial charge in [0.05, 0.1) is 12.1 Å². The van der Waals surface area contributed by atoms with Crippen LogP contribution in [0.25, 0.3) is 10.9 Å². The molecule has 94 valence electrons. The van der Waals surface area contributed by atoms with Crippen LogP contribution in [0.4, 0.5) is 5.69 Å². The molecule has 0 radical (unpaired) electrons. The topological polar surface area (TPSA) is 48.1 Å². The Bertz CT molecular complexity index is 549. The van der Waals surface area contributed by atoms with Gasteiger partial charge >= 0.3 is 0 Å². The number of fused-ring (bicyclic) bond motifs is 1. The Labute approximate surface area is 107 Å². The molecule has 2 aromatic rings. The Kier molecular flexibility index (Phi) is 3.05. The predicted octanol–water partition coefficient (Wildman–Crippen LogP) is 3.39. The Hall–Kier alpha value is -1.77. The van der Waals surface area contributed by atoms with Crippen LogP contribution in [0.1, 0.15) is 25.7 Å². The standard InChI is InChI=1S/C15H18N2O/c16-12-4-5-13-14(10-12)17-8-6-15(13)18-9-7-11-2-1-3-11/h4-6,8,10-11H,1-3,7,9,16H2. The quantitative estimate of drug-likeness (QED) is 0.836. The monoisotopic (exact) mass is 242 g/mol. The van der Waals surface area contributed by atoms with Gasteiger partial charge in [-0.2, -0.15) is 0 Å². The van der Waals surface area contributed by atoms with Gasteiger partial charge in [-0.25, -0.2) is 0 Å². The average molecular weight is 242 g/mol. The minimum absolute atomic E-state index is 0.738. The number of rotatable bonds is 4. The SMILES string of the molecule is Nc1ccc2c(OCCC3CCC3)ccnc2c1. The van der Waals surface area contributed by atoms with Gasteiger partial charge < -0.3 is 10.5 Å². The van der Waals surface area contributed by atoms with Gasteiger partial charge in [0.15, 0.2) is 0 Å². The van der Waals surface area contributed by atoms with Crippen molar-refractivity contribution in [3.8, 4) is 5.75 Å². The van der Waals surface area contributed by atoms with Crippen molar-refractivity contribution in [2.24, 2.45) is 5.92 Å². The summed E-state index contributed by atoms with van der Waals surface area (Å²) < 4.78 is 5.88. The van der Waals surface area contributed by atoms with Crippen molar-refractivity contribution in [2.75, 3.05) is 12.3 Å². The molecule has 0 saturated heterocycles. The summed E-state index contributed by atoms with van der Waals surface area (Å²) in [7, 11) is 0. The Morgan fingerprint density at radius 3 is 2.94 bits per heavy atom. The van der Waals surface area contributed by atoms with Crippen LogP contribution in [-0.2, 0) is 0 Å². The smallest absolute Gasteiger partial charge is 0.130 e. The van der Waals surface area contributed by atoms with E-state index in [1.807, 2.05) is 24.3 Å². The highest BCUT2D eigenvalue weighted by molar-refractivity contribution is 5.87. The molecule has 2 N–H and O–H groups in total. The van der Waals surface area contributed by atoms with Crippen LogP contribution in [-0.4, -0.2) is 11.6 Å². The summed E-state index contributed by atoms with van der Waals surface area (Å²) in [4.78, 5) is 4.31. The van der Waals surface area contributed by atoms with E-state index in [9.17, 15) is 0 Å². The number of nitrogens with two attached hydrogens (primary N) is 1. The highest BCUT2D eigenvalue weighted by Crippen LogP contribution is 2.30. The molecule has 1 aromatic carbocycles. The largest absolute Gasteiger partial charge is 0.493 e. The first-order valence-corrected chi connectivity index (χ1v) is 6.60. The van der Waals surface area contributed by atoms with Gasteiger partial charge in [0.25, 0.3) is 0 Å². The maximum absolute atomic E-state index is 5.88. The highest BCUT2D eigenvalue weighted by atomic mass is 16.5. The summed E-state index contributed by atoms with van der Waals surface area (Å²) in [6.45, 7) is 0.800. The van der Waals surface area contributed by atoms with E-state index in [4.69, 9.17) is 10.5 Å². The lowest BCUT2D eigenvalue weighted by Crippen LogP contribution is -2.14. The third kappa shape index (κ3) is 2.26. The molecule has 0 spiro atoms. The van der Waals surface area contributed by atoms with E-state index in [0.717, 1.165) is 34.9 Å². The van der Waals surface area contributed by atoms with Gasteiger partial charge in [-0.05, 0) is 36.6 Å². The van der Waals surface area contributed by atoms with Crippen molar-refractivity contribution in [3.05, 3.63) is 30.5 Å². The van der Waals surface area contributed by atoms with Gasteiger partial charge in [0.2, 0.25) is 0 Å². The second kappa shape index (κ2) is 4.84. The molecule has 0 aliphatic heterocycles. The van der Waals surface area contributed by atoms with Crippen molar-refractivity contribution in [2.45, 2.75) is 25.7 Å². The zero-order chi connectivity index (χ0) is 12.4. The van der Waals surface area contributed by atoms with Crippen LogP contribution in [0.5, 0.6) is 5.75 Å². The van der Waals surface area contributed by atoms with Crippen molar-refractivity contribution in [3.63, 3.8) is 0 Å². The summed E-state index contributed by atoms with van der Waals surface area (Å²) >= 11 is 0. The van der Waals surface area contributed by atoms with Crippen molar-refractivity contribution < 1.29 is 4.74 Å². The molecule has 18 heavy (non-hydrogen) atoms. The van der Waals surface area contributed by atoms with Gasteiger partial charge in [0.1, 0.15) is 5.75 Å². The number of hydrogen-bond donors (Lipinski definition) is 1. The third-order valence-electron chi connectivity index (χ3n) is 3.74. The van der Waals surface area contributed by atoms with Gasteiger partial charge in [-0.3, -0.25) is 4.98 Å². The first-order valence-electron chi connectivity index (χ1n) is 6.60. The zero-order valence-corrected chi connectivity index (χ0v) is 10.4. The number of ether oxygens (including phenoxy) is 1. The van der Waals surface area contributed by atoms with Crippen LogP contribution >= 0.6 is 0 Å². The summed E-state index contributed by atoms with van der Waals surface area (Å²) in [5, 5.41) is 1.04. The third-order valence-corrected chi connectivity index (χ3v) is 3.74. The molecular formula is C15H18N2O. The summed E-state index contributed by atoms with van der Waals surface area (Å²) in [5.74, 6) is 1.80. The second-order valence-electron chi connectivity index (χ2n) is 5.02. The molecule has 0 bridgehead atoms. The number of pyridine rings is 1. The van der Waals surface area contributed by atoms with E-state index in [1.54, 1.807) is 6.20 Å². The van der Waals surface area contributed by atoms with Gasteiger partial charge in [-0.1, -0.05) is 19.3 Å². The summed E-state index contributed by atoms with van der Waals surface area (Å²) in [5.41, 5.74) is 7.40. The average Bonchev–Trinajstić information content (AvgIpc) is 2.32. The number of anilines is 1. The fraction of sp³-hybridized carbons (Fsp3) is 0.400. The lowest BCUT2D eigenvalue weighted by Gasteiger charge is -2.25. The second-order valence-corrected chi connectivity index (χ2v) is 5.02. The van der Waals surface area contributed by atoms with Gasteiger partial charge in [-0.15, -0.1) is 0 Å². The summed E-state index contributed by atoms with van der Waals surface area (Å²) in [6, 6.07) is 7.69. The fourth-order valence-corrected chi connectivity index (χ4v) is 2.38. The number of hydrogen-bond acceptors (Lipinski definition) is 3. The van der Waals surface area contributed by atoms with E-state index in [2.05, 4.69) is 4.98 Å². The van der Waals surface area contributed by atoms with Crippen molar-refractivity contribution in [1.82, 2.24) is 4.98 Å². The first kappa shape index (κ1) is 11.3. The van der Waals surface area contributed by atoms with Crippen molar-refractivity contribution >= 4 is 16.6 Å². The normalized spacial score (nSPS) is 15.6. The van der Waals surface area contributed by atoms with E-state index in [-0.39, 0.29) is 0 Å². The molecule has 1 heterocycles. The molecule has 3 nitrogen and oxygen atoms in total. The van der Waals surface area contributed by atoms with E-state index < -0.39 is 0 Å². The maximum atomic E-state index is 5.88. The minimum Gasteiger partial charge on any atom is -0.493 e. The van der Waals surface area contributed by atoms with Crippen LogP contribution in [0.2, 0.25) is 0 Å². The molecule has 1 fully saturated rings. The molecule has 1 aromatic heterocycles. The van der Waals surface area contributed by atoms with Crippen LogP contribution in [0, 0.1) is 5.92 Å². The number of benzene rings is 1. The van der Waals surface area contributed by atoms with Crippen LogP contribution in [0.3, 0.4) is 0 Å². The lowest BCUT2D eigenvalue weighted by atomic mass is 9.83. The number of nitrogen functional groups attached to an aromatic ring is 1. The van der Waals surface area contributed by atoms with Crippen LogP contribution in [0.15, 0.2) is 30.5 Å². The molecule has 0 amide bonds.